The van der Waals surface area contributed by atoms with E-state index in [9.17, 15) is 18.0 Å². The number of benzene rings is 3. The third-order valence-corrected chi connectivity index (χ3v) is 4.88. The van der Waals surface area contributed by atoms with Gasteiger partial charge in [0.15, 0.2) is 0 Å². The molecule has 0 aliphatic carbocycles. The number of alkyl halides is 3. The third-order valence-electron chi connectivity index (χ3n) is 4.44. The lowest BCUT2D eigenvalue weighted by Crippen LogP contribution is -2.17. The SMILES string of the molecule is CSNc1ccc(-c2ccc3c(c2)C(=O)Nc2cc(OC(F)(F)F)ccc2N3)cc1. The average Bonchev–Trinajstić information content (AvgIpc) is 2.83. The van der Waals surface area contributed by atoms with Gasteiger partial charge in [-0.2, -0.15) is 0 Å². The van der Waals surface area contributed by atoms with Gasteiger partial charge in [0.05, 0.1) is 22.6 Å². The largest absolute Gasteiger partial charge is 0.573 e. The molecule has 0 bridgehead atoms. The molecule has 0 radical (unpaired) electrons. The van der Waals surface area contributed by atoms with Gasteiger partial charge >= 0.3 is 6.36 Å². The Morgan fingerprint density at radius 3 is 2.27 bits per heavy atom. The highest BCUT2D eigenvalue weighted by atomic mass is 32.2. The minimum Gasteiger partial charge on any atom is -0.406 e. The van der Waals surface area contributed by atoms with E-state index in [1.54, 1.807) is 12.1 Å². The van der Waals surface area contributed by atoms with Gasteiger partial charge in [-0.3, -0.25) is 4.79 Å². The van der Waals surface area contributed by atoms with Gasteiger partial charge in [-0.15, -0.1) is 13.2 Å². The van der Waals surface area contributed by atoms with Gasteiger partial charge in [-0.1, -0.05) is 30.1 Å². The van der Waals surface area contributed by atoms with Crippen LogP contribution in [0, 0.1) is 0 Å². The number of nitrogens with one attached hydrogen (secondary N) is 3. The zero-order valence-corrected chi connectivity index (χ0v) is 16.4. The second-order valence-electron chi connectivity index (χ2n) is 6.48. The van der Waals surface area contributed by atoms with Crippen molar-refractivity contribution in [3.8, 4) is 16.9 Å². The summed E-state index contributed by atoms with van der Waals surface area (Å²) in [5, 5.41) is 5.74. The highest BCUT2D eigenvalue weighted by Gasteiger charge is 2.31. The molecule has 0 unspecified atom stereocenters. The molecule has 1 amide bonds. The van der Waals surface area contributed by atoms with Gasteiger partial charge in [0.2, 0.25) is 0 Å². The summed E-state index contributed by atoms with van der Waals surface area (Å²) in [6.45, 7) is 0. The number of amides is 1. The summed E-state index contributed by atoms with van der Waals surface area (Å²) in [6, 6.07) is 16.9. The van der Waals surface area contributed by atoms with E-state index in [4.69, 9.17) is 0 Å². The first-order valence-corrected chi connectivity index (χ1v) is 10.1. The molecule has 1 aliphatic rings. The molecule has 1 aliphatic heterocycles. The van der Waals surface area contributed by atoms with E-state index in [0.29, 0.717) is 16.9 Å². The molecule has 3 aromatic rings. The van der Waals surface area contributed by atoms with Crippen LogP contribution in [0.1, 0.15) is 10.4 Å². The van der Waals surface area contributed by atoms with E-state index in [2.05, 4.69) is 20.1 Å². The molecule has 30 heavy (non-hydrogen) atoms. The number of ether oxygens (including phenoxy) is 1. The van der Waals surface area contributed by atoms with Crippen LogP contribution in [0.2, 0.25) is 0 Å². The lowest BCUT2D eigenvalue weighted by Gasteiger charge is -2.13. The van der Waals surface area contributed by atoms with E-state index in [1.807, 2.05) is 36.6 Å². The van der Waals surface area contributed by atoms with E-state index >= 15 is 0 Å². The molecule has 0 aromatic heterocycles. The quantitative estimate of drug-likeness (QED) is 0.426. The number of carbonyl (C=O) groups excluding carboxylic acids is 1. The van der Waals surface area contributed by atoms with Crippen LogP contribution in [0.5, 0.6) is 5.75 Å². The van der Waals surface area contributed by atoms with Crippen LogP contribution in [0.3, 0.4) is 0 Å². The van der Waals surface area contributed by atoms with Crippen LogP contribution >= 0.6 is 11.9 Å². The van der Waals surface area contributed by atoms with Crippen molar-refractivity contribution < 1.29 is 22.7 Å². The summed E-state index contributed by atoms with van der Waals surface area (Å²) in [7, 11) is 0. The summed E-state index contributed by atoms with van der Waals surface area (Å²) < 4.78 is 44.5. The van der Waals surface area contributed by atoms with E-state index in [-0.39, 0.29) is 5.69 Å². The predicted molar refractivity (Wildman–Crippen MR) is 113 cm³/mol. The minimum absolute atomic E-state index is 0.201. The van der Waals surface area contributed by atoms with Crippen LogP contribution in [-0.2, 0) is 0 Å². The first kappa shape index (κ1) is 20.0. The van der Waals surface area contributed by atoms with Gasteiger partial charge in [0, 0.05) is 18.0 Å². The molecule has 0 atom stereocenters. The van der Waals surface area contributed by atoms with Gasteiger partial charge < -0.3 is 20.1 Å². The van der Waals surface area contributed by atoms with Crippen LogP contribution < -0.4 is 20.1 Å². The normalized spacial score (nSPS) is 12.7. The fourth-order valence-electron chi connectivity index (χ4n) is 3.14. The second-order valence-corrected chi connectivity index (χ2v) is 7.09. The molecule has 0 spiro atoms. The summed E-state index contributed by atoms with van der Waals surface area (Å²) in [5.41, 5.74) is 4.35. The summed E-state index contributed by atoms with van der Waals surface area (Å²) in [4.78, 5) is 12.8. The number of anilines is 4. The van der Waals surface area contributed by atoms with E-state index in [1.165, 1.54) is 24.1 Å². The fourth-order valence-corrected chi connectivity index (χ4v) is 3.51. The van der Waals surface area contributed by atoms with E-state index in [0.717, 1.165) is 22.9 Å². The smallest absolute Gasteiger partial charge is 0.406 e. The number of fused-ring (bicyclic) bond motifs is 2. The number of halogens is 3. The van der Waals surface area contributed by atoms with Crippen LogP contribution in [0.25, 0.3) is 11.1 Å². The van der Waals surface area contributed by atoms with Crippen molar-refractivity contribution in [3.05, 3.63) is 66.2 Å². The van der Waals surface area contributed by atoms with Crippen molar-refractivity contribution >= 4 is 40.6 Å². The topological polar surface area (TPSA) is 62.4 Å². The Hall–Kier alpha value is -3.33. The van der Waals surface area contributed by atoms with Crippen LogP contribution in [0.15, 0.2) is 60.7 Å². The number of carbonyl (C=O) groups is 1. The van der Waals surface area contributed by atoms with Crippen LogP contribution in [0.4, 0.5) is 35.9 Å². The number of hydrogen-bond donors (Lipinski definition) is 3. The Morgan fingerprint density at radius 1 is 0.867 bits per heavy atom. The zero-order valence-electron chi connectivity index (χ0n) is 15.6. The number of rotatable bonds is 4. The Morgan fingerprint density at radius 2 is 1.57 bits per heavy atom. The second kappa shape index (κ2) is 7.83. The van der Waals surface area contributed by atoms with Crippen molar-refractivity contribution in [2.24, 2.45) is 0 Å². The Kier molecular flexibility index (Phi) is 5.21. The molecule has 0 saturated carbocycles. The van der Waals surface area contributed by atoms with Gasteiger partial charge in [0.25, 0.3) is 5.91 Å². The molecule has 4 rings (SSSR count). The maximum absolute atomic E-state index is 12.8. The molecule has 5 nitrogen and oxygen atoms in total. The minimum atomic E-state index is -4.81. The third kappa shape index (κ3) is 4.30. The van der Waals surface area contributed by atoms with Crippen molar-refractivity contribution in [3.63, 3.8) is 0 Å². The first-order chi connectivity index (χ1) is 14.3. The molecule has 0 fully saturated rings. The molecule has 1 heterocycles. The van der Waals surface area contributed by atoms with Crippen molar-refractivity contribution in [2.45, 2.75) is 6.36 Å². The lowest BCUT2D eigenvalue weighted by atomic mass is 10.0. The van der Waals surface area contributed by atoms with Gasteiger partial charge in [-0.05, 0) is 47.5 Å². The zero-order chi connectivity index (χ0) is 21.3. The summed E-state index contributed by atoms with van der Waals surface area (Å²) >= 11 is 1.49. The maximum Gasteiger partial charge on any atom is 0.573 e. The number of hydrogen-bond acceptors (Lipinski definition) is 5. The molecule has 0 saturated heterocycles. The van der Waals surface area contributed by atoms with E-state index < -0.39 is 18.0 Å². The molecule has 9 heteroatoms. The van der Waals surface area contributed by atoms with Crippen LogP contribution in [-0.4, -0.2) is 18.5 Å². The standard InChI is InChI=1S/C21H16F3N3O2S/c1-30-27-14-5-2-12(3-6-14)13-4-8-17-16(10-13)20(28)26-19-11-15(29-21(22,23)24)7-9-18(19)25-17/h2-11,25,27H,1H3,(H,26,28). The Balaban J connectivity index is 1.64. The molecule has 3 aromatic carbocycles. The Labute approximate surface area is 174 Å². The van der Waals surface area contributed by atoms with Gasteiger partial charge in [0.1, 0.15) is 5.75 Å². The van der Waals surface area contributed by atoms with Crippen molar-refractivity contribution in [1.29, 1.82) is 0 Å². The fraction of sp³-hybridized carbons (Fsp3) is 0.0952. The highest BCUT2D eigenvalue weighted by molar-refractivity contribution is 7.99. The molecule has 3 N–H and O–H groups in total. The molecular formula is C21H16F3N3O2S. The first-order valence-electron chi connectivity index (χ1n) is 8.84. The van der Waals surface area contributed by atoms with Gasteiger partial charge in [-0.25, -0.2) is 0 Å². The van der Waals surface area contributed by atoms with Crippen molar-refractivity contribution in [2.75, 3.05) is 21.6 Å². The summed E-state index contributed by atoms with van der Waals surface area (Å²) in [5.74, 6) is -0.836. The predicted octanol–water partition coefficient (Wildman–Crippen LogP) is 6.25. The maximum atomic E-state index is 12.8. The highest BCUT2D eigenvalue weighted by Crippen LogP contribution is 2.37. The van der Waals surface area contributed by atoms with Crippen molar-refractivity contribution in [1.82, 2.24) is 0 Å². The monoisotopic (exact) mass is 431 g/mol. The Bertz CT molecular complexity index is 1100. The molecular weight excluding hydrogens is 415 g/mol. The average molecular weight is 431 g/mol. The lowest BCUT2D eigenvalue weighted by molar-refractivity contribution is -0.274. The summed E-state index contributed by atoms with van der Waals surface area (Å²) in [6.07, 6.45) is -2.88. The molecule has 154 valence electrons.